The summed E-state index contributed by atoms with van der Waals surface area (Å²) < 4.78 is 25.3. The van der Waals surface area contributed by atoms with Crippen molar-refractivity contribution in [3.63, 3.8) is 0 Å². The lowest BCUT2D eigenvalue weighted by atomic mass is 10.2. The number of hydrogen-bond donors (Lipinski definition) is 1. The molecule has 25 heavy (non-hydrogen) atoms. The van der Waals surface area contributed by atoms with Gasteiger partial charge in [-0.2, -0.15) is 0 Å². The molecule has 0 aliphatic carbocycles. The minimum atomic E-state index is -3.40. The van der Waals surface area contributed by atoms with Crippen LogP contribution in [0.3, 0.4) is 0 Å². The summed E-state index contributed by atoms with van der Waals surface area (Å²) in [4.78, 5) is 16.3. The summed E-state index contributed by atoms with van der Waals surface area (Å²) in [6.07, 6.45) is 0. The van der Waals surface area contributed by atoms with Gasteiger partial charge in [0.2, 0.25) is 15.9 Å². The van der Waals surface area contributed by atoms with Crippen LogP contribution in [0.4, 0.5) is 0 Å². The number of sulfonamides is 1. The molecular formula is C16H27ClN4O3S. The normalized spacial score (nSPS) is 15.3. The van der Waals surface area contributed by atoms with Gasteiger partial charge in [-0.05, 0) is 24.7 Å². The molecule has 2 rings (SSSR count). The molecule has 0 radical (unpaired) electrons. The van der Waals surface area contributed by atoms with Gasteiger partial charge in [0.1, 0.15) is 0 Å². The Labute approximate surface area is 156 Å². The summed E-state index contributed by atoms with van der Waals surface area (Å²) >= 11 is 0. The highest BCUT2D eigenvalue weighted by molar-refractivity contribution is 7.89. The first-order valence-electron chi connectivity index (χ1n) is 7.99. The molecule has 1 aromatic rings. The van der Waals surface area contributed by atoms with Crippen LogP contribution in [0.15, 0.2) is 29.2 Å². The van der Waals surface area contributed by atoms with Gasteiger partial charge in [0.15, 0.2) is 0 Å². The van der Waals surface area contributed by atoms with Crippen molar-refractivity contribution in [3.8, 4) is 0 Å². The smallest absolute Gasteiger partial charge is 0.242 e. The topological polar surface area (TPSA) is 73.0 Å². The highest BCUT2D eigenvalue weighted by Crippen LogP contribution is 2.14. The van der Waals surface area contributed by atoms with E-state index in [1.54, 1.807) is 24.3 Å². The van der Waals surface area contributed by atoms with E-state index in [1.807, 2.05) is 16.8 Å². The summed E-state index contributed by atoms with van der Waals surface area (Å²) in [6.45, 7) is 4.15. The molecule has 1 heterocycles. The van der Waals surface area contributed by atoms with E-state index in [0.717, 1.165) is 31.7 Å². The van der Waals surface area contributed by atoms with Gasteiger partial charge < -0.3 is 10.2 Å². The molecule has 1 aromatic carbocycles. The molecule has 0 atom stereocenters. The number of likely N-dealkylation sites (N-methyl/N-ethyl adjacent to an activating group) is 1. The van der Waals surface area contributed by atoms with E-state index in [9.17, 15) is 13.2 Å². The lowest BCUT2D eigenvalue weighted by Gasteiger charge is -2.29. The maximum atomic E-state index is 12.2. The Bertz CT molecular complexity index is 658. The predicted octanol–water partition coefficient (Wildman–Crippen LogP) is 0.222. The van der Waals surface area contributed by atoms with Crippen molar-refractivity contribution < 1.29 is 13.2 Å². The van der Waals surface area contributed by atoms with Crippen LogP contribution in [0.2, 0.25) is 0 Å². The van der Waals surface area contributed by atoms with Crippen molar-refractivity contribution in [2.24, 2.45) is 0 Å². The molecule has 1 amide bonds. The lowest BCUT2D eigenvalue weighted by molar-refractivity contribution is -0.132. The average Bonchev–Trinajstić information content (AvgIpc) is 2.56. The van der Waals surface area contributed by atoms with Crippen LogP contribution >= 0.6 is 12.4 Å². The largest absolute Gasteiger partial charge is 0.339 e. The van der Waals surface area contributed by atoms with Crippen molar-refractivity contribution >= 4 is 28.3 Å². The third-order valence-corrected chi connectivity index (χ3v) is 5.86. The van der Waals surface area contributed by atoms with Crippen molar-refractivity contribution in [3.05, 3.63) is 29.8 Å². The number of rotatable bonds is 6. The van der Waals surface area contributed by atoms with E-state index < -0.39 is 10.0 Å². The zero-order valence-electron chi connectivity index (χ0n) is 14.9. The molecule has 0 bridgehead atoms. The molecule has 1 fully saturated rings. The first kappa shape index (κ1) is 21.9. The average molecular weight is 391 g/mol. The van der Waals surface area contributed by atoms with E-state index in [4.69, 9.17) is 0 Å². The lowest BCUT2D eigenvalue weighted by Crippen LogP contribution is -2.49. The molecule has 1 N–H and O–H groups in total. The number of nitrogens with zero attached hydrogens (tertiary/aromatic N) is 3. The summed E-state index contributed by atoms with van der Waals surface area (Å²) in [7, 11) is 1.52. The summed E-state index contributed by atoms with van der Waals surface area (Å²) in [5.74, 6) is 0.130. The Morgan fingerprint density at radius 3 is 2.20 bits per heavy atom. The Morgan fingerprint density at radius 1 is 1.12 bits per heavy atom. The Hall–Kier alpha value is -1.19. The van der Waals surface area contributed by atoms with Crippen LogP contribution in [-0.2, 0) is 21.4 Å². The van der Waals surface area contributed by atoms with E-state index in [2.05, 4.69) is 5.32 Å². The van der Waals surface area contributed by atoms with Crippen LogP contribution in [0.1, 0.15) is 5.56 Å². The van der Waals surface area contributed by atoms with Gasteiger partial charge in [0, 0.05) is 46.8 Å². The molecule has 142 valence electrons. The number of hydrogen-bond acceptors (Lipinski definition) is 5. The van der Waals surface area contributed by atoms with Crippen LogP contribution in [0.5, 0.6) is 0 Å². The minimum absolute atomic E-state index is 0. The SMILES string of the molecule is CN(CC(=O)N1CCNCC1)Cc1ccc(S(=O)(=O)N(C)C)cc1.Cl. The third kappa shape index (κ3) is 5.93. The third-order valence-electron chi connectivity index (χ3n) is 4.03. The minimum Gasteiger partial charge on any atom is -0.339 e. The second-order valence-corrected chi connectivity index (χ2v) is 8.39. The second kappa shape index (κ2) is 9.49. The molecular weight excluding hydrogens is 364 g/mol. The Kier molecular flexibility index (Phi) is 8.30. The molecule has 1 aliphatic rings. The fourth-order valence-electron chi connectivity index (χ4n) is 2.59. The van der Waals surface area contributed by atoms with E-state index in [1.165, 1.54) is 18.4 Å². The fraction of sp³-hybridized carbons (Fsp3) is 0.562. The first-order valence-corrected chi connectivity index (χ1v) is 9.43. The van der Waals surface area contributed by atoms with Gasteiger partial charge in [0.05, 0.1) is 11.4 Å². The molecule has 9 heteroatoms. The number of benzene rings is 1. The number of carbonyl (C=O) groups excluding carboxylic acids is 1. The van der Waals surface area contributed by atoms with Crippen LogP contribution < -0.4 is 5.32 Å². The maximum absolute atomic E-state index is 12.2. The standard InChI is InChI=1S/C16H26N4O3S.ClH/c1-18(2)24(22,23)15-6-4-14(5-7-15)12-19(3)13-16(21)20-10-8-17-9-11-20;/h4-7,17H,8-13H2,1-3H3;1H. The van der Waals surface area contributed by atoms with Crippen LogP contribution in [0, 0.1) is 0 Å². The Balaban J connectivity index is 0.00000312. The predicted molar refractivity (Wildman–Crippen MR) is 100 cm³/mol. The molecule has 1 saturated heterocycles. The summed E-state index contributed by atoms with van der Waals surface area (Å²) in [5, 5.41) is 3.23. The number of halogens is 1. The van der Waals surface area contributed by atoms with Gasteiger partial charge in [-0.15, -0.1) is 12.4 Å². The second-order valence-electron chi connectivity index (χ2n) is 6.23. The molecule has 0 aromatic heterocycles. The van der Waals surface area contributed by atoms with Crippen molar-refractivity contribution in [2.45, 2.75) is 11.4 Å². The highest BCUT2D eigenvalue weighted by Gasteiger charge is 2.19. The molecule has 0 unspecified atom stereocenters. The van der Waals surface area contributed by atoms with Crippen molar-refractivity contribution in [1.29, 1.82) is 0 Å². The Morgan fingerprint density at radius 2 is 1.68 bits per heavy atom. The summed E-state index contributed by atoms with van der Waals surface area (Å²) in [5.41, 5.74) is 0.975. The monoisotopic (exact) mass is 390 g/mol. The van der Waals surface area contributed by atoms with Crippen molar-refractivity contribution in [1.82, 2.24) is 19.4 Å². The molecule has 0 spiro atoms. The molecule has 1 aliphatic heterocycles. The van der Waals surface area contributed by atoms with E-state index >= 15 is 0 Å². The van der Waals surface area contributed by atoms with E-state index in [0.29, 0.717) is 13.1 Å². The van der Waals surface area contributed by atoms with Crippen LogP contribution in [-0.4, -0.2) is 82.3 Å². The maximum Gasteiger partial charge on any atom is 0.242 e. The number of carbonyl (C=O) groups is 1. The zero-order chi connectivity index (χ0) is 17.7. The number of amides is 1. The first-order chi connectivity index (χ1) is 11.3. The van der Waals surface area contributed by atoms with Crippen LogP contribution in [0.25, 0.3) is 0 Å². The van der Waals surface area contributed by atoms with E-state index in [-0.39, 0.29) is 23.2 Å². The summed E-state index contributed by atoms with van der Waals surface area (Å²) in [6, 6.07) is 6.80. The highest BCUT2D eigenvalue weighted by atomic mass is 35.5. The number of nitrogens with one attached hydrogen (secondary N) is 1. The quantitative estimate of drug-likeness (QED) is 0.752. The van der Waals surface area contributed by atoms with Gasteiger partial charge in [0.25, 0.3) is 0 Å². The van der Waals surface area contributed by atoms with Crippen molar-refractivity contribution in [2.75, 3.05) is 53.9 Å². The zero-order valence-corrected chi connectivity index (χ0v) is 16.6. The van der Waals surface area contributed by atoms with Gasteiger partial charge in [-0.1, -0.05) is 12.1 Å². The molecule has 0 saturated carbocycles. The van der Waals surface area contributed by atoms with Gasteiger partial charge in [-0.25, -0.2) is 12.7 Å². The number of piperazine rings is 1. The molecule has 7 nitrogen and oxygen atoms in total. The van der Waals surface area contributed by atoms with Gasteiger partial charge in [-0.3, -0.25) is 9.69 Å². The van der Waals surface area contributed by atoms with Gasteiger partial charge >= 0.3 is 0 Å². The fourth-order valence-corrected chi connectivity index (χ4v) is 3.49.